The molecule has 4 rings (SSSR count). The zero-order chi connectivity index (χ0) is 20.0. The molecule has 2 aromatic rings. The maximum atomic E-state index is 10.3. The van der Waals surface area contributed by atoms with Crippen molar-refractivity contribution in [3.05, 3.63) is 71.8 Å². The van der Waals surface area contributed by atoms with Crippen LogP contribution in [0.1, 0.15) is 30.1 Å². The van der Waals surface area contributed by atoms with Gasteiger partial charge in [0.15, 0.2) is 5.41 Å². The summed E-state index contributed by atoms with van der Waals surface area (Å²) in [5, 5.41) is 39.2. The van der Waals surface area contributed by atoms with E-state index in [4.69, 9.17) is 14.9 Å². The Bertz CT molecular complexity index is 1050. The molecule has 2 fully saturated rings. The molecule has 2 aliphatic heterocycles. The van der Waals surface area contributed by atoms with Gasteiger partial charge in [0, 0.05) is 6.92 Å². The van der Waals surface area contributed by atoms with Gasteiger partial charge in [-0.15, -0.1) is 0 Å². The summed E-state index contributed by atoms with van der Waals surface area (Å²) in [4.78, 5) is 0. The Balaban J connectivity index is 2.05. The molecule has 0 saturated carbocycles. The molecular weight excluding hydrogens is 352 g/mol. The van der Waals surface area contributed by atoms with Gasteiger partial charge in [0.1, 0.15) is 6.10 Å². The molecule has 0 aromatic heterocycles. The minimum atomic E-state index is -1.96. The summed E-state index contributed by atoms with van der Waals surface area (Å²) in [6.07, 6.45) is -1.05. The summed E-state index contributed by atoms with van der Waals surface area (Å²) in [5.41, 5.74) is -2.52. The van der Waals surface area contributed by atoms with Crippen LogP contribution in [0.5, 0.6) is 0 Å². The van der Waals surface area contributed by atoms with Crippen LogP contribution in [-0.4, -0.2) is 11.7 Å². The van der Waals surface area contributed by atoms with Gasteiger partial charge < -0.3 is 9.47 Å². The number of hydrogen-bond acceptors (Lipinski definition) is 6. The molecule has 2 heterocycles. The quantitative estimate of drug-likeness (QED) is 0.866. The number of nitrogens with one attached hydrogen (secondary N) is 1. The zero-order valence-electron chi connectivity index (χ0n) is 15.1. The molecule has 28 heavy (non-hydrogen) atoms. The lowest BCUT2D eigenvalue weighted by atomic mass is 9.52. The van der Waals surface area contributed by atoms with E-state index in [1.165, 1.54) is 0 Å². The predicted octanol–water partition coefficient (Wildman–Crippen LogP) is 3.81. The third-order valence-corrected chi connectivity index (χ3v) is 5.75. The summed E-state index contributed by atoms with van der Waals surface area (Å²) in [5.74, 6) is -2.59. The number of nitrogens with zero attached hydrogens (tertiary/aromatic N) is 3. The third-order valence-electron chi connectivity index (χ3n) is 5.75. The molecule has 0 radical (unpaired) electrons. The lowest BCUT2D eigenvalue weighted by molar-refractivity contribution is -0.253. The summed E-state index contributed by atoms with van der Waals surface area (Å²) >= 11 is 0. The topological polar surface area (TPSA) is 114 Å². The van der Waals surface area contributed by atoms with Crippen molar-refractivity contribution in [1.82, 2.24) is 0 Å². The van der Waals surface area contributed by atoms with Gasteiger partial charge in [0.2, 0.25) is 17.1 Å². The standard InChI is InChI=1S/C22H16N4O2/c1-20-17(15-8-4-2-5-9-15)22(14-25,19(26)28-20)21(12-23,13-24)18(27-20)16-10-6-3-7-11-16/h2-11,17-18,26H,1H3/t17-,18-,20-,22-/m0/s1. The molecule has 136 valence electrons. The van der Waals surface area contributed by atoms with Crippen molar-refractivity contribution >= 4 is 5.90 Å². The summed E-state index contributed by atoms with van der Waals surface area (Å²) in [6.45, 7) is 1.66. The molecule has 0 unspecified atom stereocenters. The summed E-state index contributed by atoms with van der Waals surface area (Å²) in [7, 11) is 0. The maximum Gasteiger partial charge on any atom is 0.218 e. The van der Waals surface area contributed by atoms with Gasteiger partial charge in [-0.2, -0.15) is 15.8 Å². The van der Waals surface area contributed by atoms with Crippen LogP contribution in [-0.2, 0) is 9.47 Å². The SMILES string of the molecule is C[C@]12OC(=N)[C@](C#N)([C@H]1c1ccccc1)C(C#N)(C#N)[C@H](c1ccccc1)O2. The molecule has 0 spiro atoms. The third kappa shape index (κ3) is 1.94. The largest absolute Gasteiger partial charge is 0.447 e. The molecule has 2 aromatic carbocycles. The van der Waals surface area contributed by atoms with Crippen LogP contribution in [0.4, 0.5) is 0 Å². The molecular formula is C22H16N4O2. The zero-order valence-corrected chi connectivity index (χ0v) is 15.1. The van der Waals surface area contributed by atoms with E-state index >= 15 is 0 Å². The lowest BCUT2D eigenvalue weighted by Crippen LogP contribution is -2.57. The van der Waals surface area contributed by atoms with Gasteiger partial charge in [0.25, 0.3) is 0 Å². The van der Waals surface area contributed by atoms with Crippen LogP contribution >= 0.6 is 0 Å². The van der Waals surface area contributed by atoms with E-state index in [1.807, 2.05) is 12.1 Å². The first-order valence-electron chi connectivity index (χ1n) is 8.78. The van der Waals surface area contributed by atoms with Crippen LogP contribution in [0, 0.1) is 50.2 Å². The fraction of sp³-hybridized carbons (Fsp3) is 0.273. The van der Waals surface area contributed by atoms with Gasteiger partial charge in [-0.1, -0.05) is 60.7 Å². The highest BCUT2D eigenvalue weighted by Crippen LogP contribution is 2.69. The molecule has 1 N–H and O–H groups in total. The highest BCUT2D eigenvalue weighted by Gasteiger charge is 2.79. The average Bonchev–Trinajstić information content (AvgIpc) is 2.92. The van der Waals surface area contributed by atoms with Gasteiger partial charge in [-0.25, -0.2) is 0 Å². The maximum absolute atomic E-state index is 10.3. The Hall–Kier alpha value is -3.66. The summed E-state index contributed by atoms with van der Waals surface area (Å²) < 4.78 is 12.0. The lowest BCUT2D eigenvalue weighted by Gasteiger charge is -2.48. The van der Waals surface area contributed by atoms with E-state index in [1.54, 1.807) is 55.5 Å². The van der Waals surface area contributed by atoms with Gasteiger partial charge in [-0.3, -0.25) is 5.41 Å². The highest BCUT2D eigenvalue weighted by atomic mass is 16.7. The minimum absolute atomic E-state index is 0.409. The normalized spacial score (nSPS) is 32.4. The first-order valence-corrected chi connectivity index (χ1v) is 8.78. The van der Waals surface area contributed by atoms with Crippen LogP contribution < -0.4 is 0 Å². The van der Waals surface area contributed by atoms with E-state index in [0.717, 1.165) is 0 Å². The number of fused-ring (bicyclic) bond motifs is 2. The molecule has 2 bridgehead atoms. The van der Waals surface area contributed by atoms with Crippen molar-refractivity contribution < 1.29 is 9.47 Å². The van der Waals surface area contributed by atoms with Crippen LogP contribution in [0.3, 0.4) is 0 Å². The van der Waals surface area contributed by atoms with E-state index in [2.05, 4.69) is 18.2 Å². The average molecular weight is 368 g/mol. The van der Waals surface area contributed by atoms with Crippen molar-refractivity contribution in [2.24, 2.45) is 10.8 Å². The Morgan fingerprint density at radius 3 is 1.89 bits per heavy atom. The second-order valence-electron chi connectivity index (χ2n) is 7.15. The monoisotopic (exact) mass is 368 g/mol. The van der Waals surface area contributed by atoms with Crippen molar-refractivity contribution in [3.63, 3.8) is 0 Å². The molecule has 4 atom stereocenters. The molecule has 2 aliphatic rings. The van der Waals surface area contributed by atoms with Gasteiger partial charge in [0.05, 0.1) is 24.1 Å². The second kappa shape index (κ2) is 5.92. The molecule has 2 saturated heterocycles. The van der Waals surface area contributed by atoms with E-state index in [0.29, 0.717) is 11.1 Å². The number of nitriles is 3. The van der Waals surface area contributed by atoms with Crippen LogP contribution in [0.15, 0.2) is 60.7 Å². The predicted molar refractivity (Wildman–Crippen MR) is 98.4 cm³/mol. The van der Waals surface area contributed by atoms with Crippen molar-refractivity contribution in [3.8, 4) is 18.2 Å². The number of hydrogen-bond donors (Lipinski definition) is 1. The van der Waals surface area contributed by atoms with Crippen molar-refractivity contribution in [1.29, 1.82) is 21.2 Å². The van der Waals surface area contributed by atoms with Crippen molar-refractivity contribution in [2.75, 3.05) is 0 Å². The molecule has 0 amide bonds. The van der Waals surface area contributed by atoms with Crippen LogP contribution in [0.2, 0.25) is 0 Å². The molecule has 6 nitrogen and oxygen atoms in total. The van der Waals surface area contributed by atoms with E-state index in [-0.39, 0.29) is 0 Å². The summed E-state index contributed by atoms with van der Waals surface area (Å²) in [6, 6.07) is 24.1. The Kier molecular flexibility index (Phi) is 3.75. The van der Waals surface area contributed by atoms with E-state index in [9.17, 15) is 15.8 Å². The van der Waals surface area contributed by atoms with Gasteiger partial charge >= 0.3 is 0 Å². The number of benzene rings is 2. The molecule has 6 heteroatoms. The fourth-order valence-electron chi connectivity index (χ4n) is 4.56. The van der Waals surface area contributed by atoms with Crippen LogP contribution in [0.25, 0.3) is 0 Å². The smallest absolute Gasteiger partial charge is 0.218 e. The van der Waals surface area contributed by atoms with Crippen molar-refractivity contribution in [2.45, 2.75) is 24.7 Å². The highest BCUT2D eigenvalue weighted by molar-refractivity contribution is 5.90. The van der Waals surface area contributed by atoms with E-state index < -0.39 is 34.5 Å². The van der Waals surface area contributed by atoms with Gasteiger partial charge in [-0.05, 0) is 11.1 Å². The minimum Gasteiger partial charge on any atom is -0.447 e. The molecule has 0 aliphatic carbocycles. The fourth-order valence-corrected chi connectivity index (χ4v) is 4.56. The number of rotatable bonds is 2. The Morgan fingerprint density at radius 2 is 1.39 bits per heavy atom. The first kappa shape index (κ1) is 17.7. The number of ether oxygens (including phenoxy) is 2. The Labute approximate surface area is 162 Å². The first-order chi connectivity index (χ1) is 13.5. The Morgan fingerprint density at radius 1 is 0.857 bits per heavy atom. The second-order valence-corrected chi connectivity index (χ2v) is 7.15.